The van der Waals surface area contributed by atoms with Crippen molar-refractivity contribution in [1.29, 1.82) is 0 Å². The number of fused-ring (bicyclic) bond motifs is 1. The Kier molecular flexibility index (Phi) is 5.02. The molecule has 136 valence electrons. The molecule has 0 saturated heterocycles. The molecule has 0 aliphatic heterocycles. The van der Waals surface area contributed by atoms with E-state index in [-0.39, 0.29) is 11.9 Å². The maximum atomic E-state index is 12.7. The van der Waals surface area contributed by atoms with E-state index in [0.29, 0.717) is 17.2 Å². The lowest BCUT2D eigenvalue weighted by Gasteiger charge is -2.18. The summed E-state index contributed by atoms with van der Waals surface area (Å²) in [7, 11) is 4.82. The number of benzene rings is 2. The largest absolute Gasteiger partial charge is 0.497 e. The Hall–Kier alpha value is -3.15. The molecule has 0 spiro atoms. The van der Waals surface area contributed by atoms with E-state index in [9.17, 15) is 4.79 Å². The highest BCUT2D eigenvalue weighted by Gasteiger charge is 2.17. The molecule has 1 aromatic heterocycles. The van der Waals surface area contributed by atoms with Crippen molar-refractivity contribution in [3.63, 3.8) is 0 Å². The minimum absolute atomic E-state index is 0.197. The molecule has 6 heteroatoms. The van der Waals surface area contributed by atoms with Gasteiger partial charge < -0.3 is 24.5 Å². The Morgan fingerprint density at radius 3 is 2.35 bits per heavy atom. The van der Waals surface area contributed by atoms with Crippen molar-refractivity contribution in [3.05, 3.63) is 53.7 Å². The molecule has 0 fully saturated rings. The van der Waals surface area contributed by atoms with Gasteiger partial charge in [0.15, 0.2) is 0 Å². The number of amides is 1. The monoisotopic (exact) mass is 354 g/mol. The molecule has 3 rings (SSSR count). The lowest BCUT2D eigenvalue weighted by atomic mass is 10.1. The van der Waals surface area contributed by atoms with Crippen molar-refractivity contribution in [2.45, 2.75) is 13.0 Å². The normalized spacial score (nSPS) is 11.8. The summed E-state index contributed by atoms with van der Waals surface area (Å²) in [6, 6.07) is 12.7. The molecule has 2 N–H and O–H groups in total. The molecule has 0 aliphatic rings. The van der Waals surface area contributed by atoms with Gasteiger partial charge >= 0.3 is 0 Å². The number of H-pyrrole nitrogens is 1. The van der Waals surface area contributed by atoms with Crippen LogP contribution in [0.2, 0.25) is 0 Å². The van der Waals surface area contributed by atoms with Gasteiger partial charge in [0.05, 0.1) is 27.4 Å². The topological polar surface area (TPSA) is 72.6 Å². The standard InChI is InChI=1S/C20H22N2O4/c1-12(16-10-14(24-2)7-8-19(16)26-4)21-20(23)18-9-13-5-6-15(25-3)11-17(13)22-18/h5-12,22H,1-4H3,(H,21,23). The highest BCUT2D eigenvalue weighted by atomic mass is 16.5. The van der Waals surface area contributed by atoms with Crippen LogP contribution in [-0.4, -0.2) is 32.2 Å². The molecule has 1 amide bonds. The summed E-state index contributed by atoms with van der Waals surface area (Å²) in [5.41, 5.74) is 2.18. The van der Waals surface area contributed by atoms with Crippen molar-refractivity contribution in [3.8, 4) is 17.2 Å². The van der Waals surface area contributed by atoms with E-state index in [4.69, 9.17) is 14.2 Å². The fourth-order valence-electron chi connectivity index (χ4n) is 2.89. The van der Waals surface area contributed by atoms with Crippen LogP contribution in [0.4, 0.5) is 0 Å². The van der Waals surface area contributed by atoms with Crippen molar-refractivity contribution >= 4 is 16.8 Å². The number of rotatable bonds is 6. The summed E-state index contributed by atoms with van der Waals surface area (Å²) in [5.74, 6) is 1.94. The van der Waals surface area contributed by atoms with Crippen molar-refractivity contribution in [1.82, 2.24) is 10.3 Å². The molecule has 6 nitrogen and oxygen atoms in total. The SMILES string of the molecule is COc1ccc(OC)c(C(C)NC(=O)c2cc3ccc(OC)cc3[nH]2)c1. The molecular formula is C20H22N2O4. The van der Waals surface area contributed by atoms with E-state index in [2.05, 4.69) is 10.3 Å². The van der Waals surface area contributed by atoms with Gasteiger partial charge in [-0.15, -0.1) is 0 Å². The van der Waals surface area contributed by atoms with E-state index in [0.717, 1.165) is 22.2 Å². The summed E-state index contributed by atoms with van der Waals surface area (Å²) in [5, 5.41) is 3.94. The van der Waals surface area contributed by atoms with E-state index in [1.807, 2.05) is 49.4 Å². The minimum atomic E-state index is -0.256. The summed E-state index contributed by atoms with van der Waals surface area (Å²) in [4.78, 5) is 15.8. The van der Waals surface area contributed by atoms with Gasteiger partial charge in [-0.1, -0.05) is 0 Å². The van der Waals surface area contributed by atoms with Crippen molar-refractivity contribution < 1.29 is 19.0 Å². The van der Waals surface area contributed by atoms with Gasteiger partial charge in [0.1, 0.15) is 22.9 Å². The van der Waals surface area contributed by atoms with Crippen molar-refractivity contribution in [2.75, 3.05) is 21.3 Å². The third kappa shape index (κ3) is 3.44. The molecular weight excluding hydrogens is 332 g/mol. The number of carbonyl (C=O) groups is 1. The fraction of sp³-hybridized carbons (Fsp3) is 0.250. The van der Waals surface area contributed by atoms with Crippen LogP contribution < -0.4 is 19.5 Å². The molecule has 1 unspecified atom stereocenters. The second-order valence-corrected chi connectivity index (χ2v) is 5.94. The van der Waals surface area contributed by atoms with Crippen LogP contribution in [0.25, 0.3) is 10.9 Å². The zero-order valence-electron chi connectivity index (χ0n) is 15.3. The Labute approximate surface area is 152 Å². The van der Waals surface area contributed by atoms with E-state index in [1.54, 1.807) is 21.3 Å². The van der Waals surface area contributed by atoms with Crippen LogP contribution in [0.5, 0.6) is 17.2 Å². The first-order valence-electron chi connectivity index (χ1n) is 8.25. The fourth-order valence-corrected chi connectivity index (χ4v) is 2.89. The Balaban J connectivity index is 1.83. The number of aromatic nitrogens is 1. The van der Waals surface area contributed by atoms with E-state index < -0.39 is 0 Å². The number of nitrogens with one attached hydrogen (secondary N) is 2. The van der Waals surface area contributed by atoms with Crippen molar-refractivity contribution in [2.24, 2.45) is 0 Å². The summed E-state index contributed by atoms with van der Waals surface area (Å²) in [6.07, 6.45) is 0. The number of hydrogen-bond donors (Lipinski definition) is 2. The molecule has 26 heavy (non-hydrogen) atoms. The van der Waals surface area contributed by atoms with E-state index in [1.165, 1.54) is 0 Å². The average molecular weight is 354 g/mol. The first-order valence-corrected chi connectivity index (χ1v) is 8.25. The van der Waals surface area contributed by atoms with Gasteiger partial charge in [-0.25, -0.2) is 0 Å². The summed E-state index contributed by atoms with van der Waals surface area (Å²) in [6.45, 7) is 1.90. The molecule has 0 aliphatic carbocycles. The van der Waals surface area contributed by atoms with Crippen LogP contribution in [0.15, 0.2) is 42.5 Å². The number of carbonyl (C=O) groups excluding carboxylic acids is 1. The van der Waals surface area contributed by atoms with Crippen LogP contribution >= 0.6 is 0 Å². The molecule has 3 aromatic rings. The maximum absolute atomic E-state index is 12.7. The van der Waals surface area contributed by atoms with Crippen LogP contribution in [-0.2, 0) is 0 Å². The van der Waals surface area contributed by atoms with Crippen LogP contribution in [0, 0.1) is 0 Å². The third-order valence-electron chi connectivity index (χ3n) is 4.33. The molecule has 1 heterocycles. The molecule has 2 aromatic carbocycles. The first kappa shape index (κ1) is 17.7. The predicted molar refractivity (Wildman–Crippen MR) is 100 cm³/mol. The summed E-state index contributed by atoms with van der Waals surface area (Å²) < 4.78 is 15.9. The summed E-state index contributed by atoms with van der Waals surface area (Å²) >= 11 is 0. The minimum Gasteiger partial charge on any atom is -0.497 e. The highest BCUT2D eigenvalue weighted by Crippen LogP contribution is 2.29. The van der Waals surface area contributed by atoms with Crippen LogP contribution in [0.3, 0.4) is 0 Å². The lowest BCUT2D eigenvalue weighted by molar-refractivity contribution is 0.0935. The molecule has 0 saturated carbocycles. The van der Waals surface area contributed by atoms with Gasteiger partial charge in [0, 0.05) is 22.5 Å². The smallest absolute Gasteiger partial charge is 0.268 e. The third-order valence-corrected chi connectivity index (χ3v) is 4.33. The lowest BCUT2D eigenvalue weighted by Crippen LogP contribution is -2.27. The van der Waals surface area contributed by atoms with Gasteiger partial charge in [0.25, 0.3) is 5.91 Å². The zero-order chi connectivity index (χ0) is 18.7. The Bertz CT molecular complexity index is 933. The quantitative estimate of drug-likeness (QED) is 0.708. The second kappa shape index (κ2) is 7.39. The zero-order valence-corrected chi connectivity index (χ0v) is 15.3. The number of aromatic amines is 1. The van der Waals surface area contributed by atoms with Crippen LogP contribution in [0.1, 0.15) is 29.0 Å². The first-order chi connectivity index (χ1) is 12.5. The predicted octanol–water partition coefficient (Wildman–Crippen LogP) is 3.68. The number of hydrogen-bond acceptors (Lipinski definition) is 4. The van der Waals surface area contributed by atoms with Gasteiger partial charge in [0.2, 0.25) is 0 Å². The van der Waals surface area contributed by atoms with Gasteiger partial charge in [-0.05, 0) is 43.3 Å². The second-order valence-electron chi connectivity index (χ2n) is 5.94. The van der Waals surface area contributed by atoms with Gasteiger partial charge in [-0.3, -0.25) is 4.79 Å². The Morgan fingerprint density at radius 2 is 1.65 bits per heavy atom. The Morgan fingerprint density at radius 1 is 0.962 bits per heavy atom. The molecule has 1 atom stereocenters. The highest BCUT2D eigenvalue weighted by molar-refractivity contribution is 5.98. The number of ether oxygens (including phenoxy) is 3. The average Bonchev–Trinajstić information content (AvgIpc) is 3.10. The number of methoxy groups -OCH3 is 3. The maximum Gasteiger partial charge on any atom is 0.268 e. The van der Waals surface area contributed by atoms with Gasteiger partial charge in [-0.2, -0.15) is 0 Å². The molecule has 0 radical (unpaired) electrons. The molecule has 0 bridgehead atoms. The van der Waals surface area contributed by atoms with E-state index >= 15 is 0 Å².